The van der Waals surface area contributed by atoms with Gasteiger partial charge in [0.1, 0.15) is 24.9 Å². The van der Waals surface area contributed by atoms with Gasteiger partial charge < -0.3 is 19.5 Å². The van der Waals surface area contributed by atoms with Gasteiger partial charge in [0.2, 0.25) is 0 Å². The summed E-state index contributed by atoms with van der Waals surface area (Å²) in [6, 6.07) is 17.4. The highest BCUT2D eigenvalue weighted by Crippen LogP contribution is 2.18. The zero-order chi connectivity index (χ0) is 25.0. The maximum atomic E-state index is 12.9. The van der Waals surface area contributed by atoms with Crippen LogP contribution in [0.25, 0.3) is 0 Å². The molecule has 0 saturated carbocycles. The zero-order valence-electron chi connectivity index (χ0n) is 20.0. The van der Waals surface area contributed by atoms with Gasteiger partial charge in [0.25, 0.3) is 0 Å². The summed E-state index contributed by atoms with van der Waals surface area (Å²) in [7, 11) is 0. The van der Waals surface area contributed by atoms with Crippen LogP contribution in [0.1, 0.15) is 44.7 Å². The number of ether oxygens (including phenoxy) is 3. The molecule has 34 heavy (non-hydrogen) atoms. The van der Waals surface area contributed by atoms with Crippen LogP contribution in [0.3, 0.4) is 0 Å². The normalized spacial score (nSPS) is 12.7. The number of amides is 1. The molecule has 0 spiro atoms. The maximum absolute atomic E-state index is 12.9. The van der Waals surface area contributed by atoms with Crippen molar-refractivity contribution in [1.82, 2.24) is 5.32 Å². The van der Waals surface area contributed by atoms with Crippen molar-refractivity contribution in [1.29, 1.82) is 0 Å². The highest BCUT2D eigenvalue weighted by Gasteiger charge is 2.31. The lowest BCUT2D eigenvalue weighted by molar-refractivity contribution is -0.152. The van der Waals surface area contributed by atoms with E-state index in [1.54, 1.807) is 26.8 Å². The Morgan fingerprint density at radius 2 is 1.38 bits per heavy atom. The first kappa shape index (κ1) is 26.6. The fraction of sp³-hybridized carbons (Fsp3) is 0.370. The number of allylic oxidation sites excluding steroid dienone is 1. The monoisotopic (exact) mass is 467 g/mol. The van der Waals surface area contributed by atoms with Crippen molar-refractivity contribution < 1.29 is 28.6 Å². The molecule has 2 rings (SSSR count). The van der Waals surface area contributed by atoms with Crippen LogP contribution in [0, 0.1) is 5.92 Å². The third-order valence-electron chi connectivity index (χ3n) is 4.73. The second kappa shape index (κ2) is 13.2. The standard InChI is InChI=1S/C27H33NO6/c1-5-12-22(24(29)32-18-20-13-8-6-9-14-20)17-23(28-26(31)34-27(2,3)4)25(30)33-19-21-15-10-7-11-16-21/h5-11,13-16,22-23H,1,12,17-19H2,2-4H3,(H,28,31)/t22?,23-/m1/s1. The topological polar surface area (TPSA) is 90.9 Å². The van der Waals surface area contributed by atoms with Crippen LogP contribution in [0.5, 0.6) is 0 Å². The van der Waals surface area contributed by atoms with E-state index >= 15 is 0 Å². The fourth-order valence-electron chi connectivity index (χ4n) is 3.11. The molecule has 0 aromatic heterocycles. The van der Waals surface area contributed by atoms with Crippen LogP contribution in [0.4, 0.5) is 4.79 Å². The van der Waals surface area contributed by atoms with E-state index in [1.807, 2.05) is 60.7 Å². The molecule has 7 heteroatoms. The summed E-state index contributed by atoms with van der Waals surface area (Å²) in [6.07, 6.45) is 1.05. The molecule has 0 radical (unpaired) electrons. The first-order chi connectivity index (χ1) is 16.2. The minimum atomic E-state index is -1.10. The molecule has 1 unspecified atom stereocenters. The Hall–Kier alpha value is -3.61. The number of carbonyl (C=O) groups excluding carboxylic acids is 3. The van der Waals surface area contributed by atoms with Gasteiger partial charge in [0.05, 0.1) is 5.92 Å². The molecule has 1 amide bonds. The quantitative estimate of drug-likeness (QED) is 0.286. The van der Waals surface area contributed by atoms with E-state index in [2.05, 4.69) is 11.9 Å². The van der Waals surface area contributed by atoms with Crippen LogP contribution in [-0.2, 0) is 37.0 Å². The van der Waals surface area contributed by atoms with Crippen molar-refractivity contribution in [2.45, 2.75) is 58.5 Å². The summed E-state index contributed by atoms with van der Waals surface area (Å²) in [6.45, 7) is 9.01. The van der Waals surface area contributed by atoms with Gasteiger partial charge >= 0.3 is 18.0 Å². The van der Waals surface area contributed by atoms with E-state index in [1.165, 1.54) is 0 Å². The molecule has 182 valence electrons. The van der Waals surface area contributed by atoms with Crippen molar-refractivity contribution in [2.24, 2.45) is 5.92 Å². The van der Waals surface area contributed by atoms with Crippen molar-refractivity contribution in [2.75, 3.05) is 0 Å². The Morgan fingerprint density at radius 3 is 1.85 bits per heavy atom. The Balaban J connectivity index is 2.09. The fourth-order valence-corrected chi connectivity index (χ4v) is 3.11. The largest absolute Gasteiger partial charge is 0.461 e. The van der Waals surface area contributed by atoms with Crippen LogP contribution >= 0.6 is 0 Å². The maximum Gasteiger partial charge on any atom is 0.408 e. The van der Waals surface area contributed by atoms with Crippen LogP contribution < -0.4 is 5.32 Å². The number of alkyl carbamates (subject to hydrolysis) is 1. The number of benzene rings is 2. The second-order valence-corrected chi connectivity index (χ2v) is 8.84. The molecule has 0 saturated heterocycles. The highest BCUT2D eigenvalue weighted by atomic mass is 16.6. The van der Waals surface area contributed by atoms with Gasteiger partial charge in [-0.05, 0) is 44.7 Å². The van der Waals surface area contributed by atoms with Crippen LogP contribution in [0.2, 0.25) is 0 Å². The predicted octanol–water partition coefficient (Wildman–Crippen LogP) is 4.95. The number of rotatable bonds is 11. The molecule has 1 N–H and O–H groups in total. The number of hydrogen-bond donors (Lipinski definition) is 1. The zero-order valence-corrected chi connectivity index (χ0v) is 20.0. The Labute approximate surface area is 201 Å². The van der Waals surface area contributed by atoms with Gasteiger partial charge in [-0.1, -0.05) is 66.7 Å². The molecule has 7 nitrogen and oxygen atoms in total. The third-order valence-corrected chi connectivity index (χ3v) is 4.73. The number of carbonyl (C=O) groups is 3. The number of hydrogen-bond acceptors (Lipinski definition) is 6. The van der Waals surface area contributed by atoms with Gasteiger partial charge in [-0.3, -0.25) is 4.79 Å². The first-order valence-electron chi connectivity index (χ1n) is 11.2. The molecular formula is C27H33NO6. The molecular weight excluding hydrogens is 434 g/mol. The van der Waals surface area contributed by atoms with E-state index in [0.29, 0.717) is 0 Å². The third kappa shape index (κ3) is 9.90. The van der Waals surface area contributed by atoms with Gasteiger partial charge in [-0.15, -0.1) is 6.58 Å². The molecule has 2 atom stereocenters. The summed E-state index contributed by atoms with van der Waals surface area (Å²) in [5.41, 5.74) is 0.897. The summed E-state index contributed by atoms with van der Waals surface area (Å²) in [5, 5.41) is 2.55. The molecule has 0 aliphatic heterocycles. The average molecular weight is 468 g/mol. The first-order valence-corrected chi connectivity index (χ1v) is 11.2. The lowest BCUT2D eigenvalue weighted by Crippen LogP contribution is -2.46. The summed E-state index contributed by atoms with van der Waals surface area (Å²) >= 11 is 0. The average Bonchev–Trinajstić information content (AvgIpc) is 2.80. The Bertz CT molecular complexity index is 937. The molecule has 0 aliphatic carbocycles. The summed E-state index contributed by atoms with van der Waals surface area (Å²) in [5.74, 6) is -1.86. The predicted molar refractivity (Wildman–Crippen MR) is 129 cm³/mol. The molecule has 0 heterocycles. The van der Waals surface area contributed by atoms with E-state index < -0.39 is 35.6 Å². The summed E-state index contributed by atoms with van der Waals surface area (Å²) < 4.78 is 16.2. The van der Waals surface area contributed by atoms with E-state index in [9.17, 15) is 14.4 Å². The highest BCUT2D eigenvalue weighted by molar-refractivity contribution is 5.82. The summed E-state index contributed by atoms with van der Waals surface area (Å²) in [4.78, 5) is 38.1. The van der Waals surface area contributed by atoms with Gasteiger partial charge in [0, 0.05) is 0 Å². The Kier molecular flexibility index (Phi) is 10.3. The van der Waals surface area contributed by atoms with Crippen LogP contribution in [-0.4, -0.2) is 29.7 Å². The minimum absolute atomic E-state index is 0.0213. The Morgan fingerprint density at radius 1 is 0.882 bits per heavy atom. The van der Waals surface area contributed by atoms with Gasteiger partial charge in [-0.25, -0.2) is 9.59 Å². The molecule has 0 bridgehead atoms. The SMILES string of the molecule is C=CCC(C[C@@H](NC(=O)OC(C)(C)C)C(=O)OCc1ccccc1)C(=O)OCc1ccccc1. The van der Waals surface area contributed by atoms with Crippen molar-refractivity contribution in [3.8, 4) is 0 Å². The molecule has 0 aliphatic rings. The molecule has 2 aromatic rings. The minimum Gasteiger partial charge on any atom is -0.461 e. The van der Waals surface area contributed by atoms with Crippen molar-refractivity contribution in [3.05, 3.63) is 84.4 Å². The van der Waals surface area contributed by atoms with Crippen LogP contribution in [0.15, 0.2) is 73.3 Å². The smallest absolute Gasteiger partial charge is 0.408 e. The number of esters is 2. The van der Waals surface area contributed by atoms with Gasteiger partial charge in [-0.2, -0.15) is 0 Å². The van der Waals surface area contributed by atoms with Crippen molar-refractivity contribution >= 4 is 18.0 Å². The second-order valence-electron chi connectivity index (χ2n) is 8.84. The van der Waals surface area contributed by atoms with E-state index in [4.69, 9.17) is 14.2 Å². The lowest BCUT2D eigenvalue weighted by Gasteiger charge is -2.25. The lowest BCUT2D eigenvalue weighted by atomic mass is 9.96. The molecule has 2 aromatic carbocycles. The van der Waals surface area contributed by atoms with E-state index in [-0.39, 0.29) is 26.1 Å². The van der Waals surface area contributed by atoms with Crippen molar-refractivity contribution in [3.63, 3.8) is 0 Å². The van der Waals surface area contributed by atoms with E-state index in [0.717, 1.165) is 11.1 Å². The van der Waals surface area contributed by atoms with Gasteiger partial charge in [0.15, 0.2) is 0 Å². The molecule has 0 fully saturated rings. The number of nitrogens with one attached hydrogen (secondary N) is 1.